The third-order valence-corrected chi connectivity index (χ3v) is 2.32. The van der Waals surface area contributed by atoms with Crippen molar-refractivity contribution in [1.29, 1.82) is 0 Å². The van der Waals surface area contributed by atoms with Crippen LogP contribution >= 0.6 is 12.6 Å². The van der Waals surface area contributed by atoms with Crippen molar-refractivity contribution in [1.82, 2.24) is 4.90 Å². The molecule has 0 atom stereocenters. The number of rotatable bonds is 1. The summed E-state index contributed by atoms with van der Waals surface area (Å²) >= 11 is 4.20. The molecule has 1 amide bonds. The number of carbonyl (C=O) groups excluding carboxylic acids is 1. The van der Waals surface area contributed by atoms with Gasteiger partial charge in [-0.1, -0.05) is 6.07 Å². The molecule has 0 aromatic heterocycles. The lowest BCUT2D eigenvalue weighted by Gasteiger charge is -2.05. The Morgan fingerprint density at radius 2 is 2.33 bits per heavy atom. The summed E-state index contributed by atoms with van der Waals surface area (Å²) in [5.74, 6) is -0.0872. The van der Waals surface area contributed by atoms with Gasteiger partial charge in [-0.15, -0.1) is 12.6 Å². The van der Waals surface area contributed by atoms with E-state index in [0.717, 1.165) is 10.6 Å². The number of thiol groups is 1. The Morgan fingerprint density at radius 3 is 2.93 bits per heavy atom. The predicted octanol–water partition coefficient (Wildman–Crippen LogP) is 1.45. The molecule has 0 spiro atoms. The van der Waals surface area contributed by atoms with Gasteiger partial charge in [0.05, 0.1) is 5.69 Å². The number of hydrogen-bond donors (Lipinski definition) is 1. The number of benzene rings is 1. The van der Waals surface area contributed by atoms with Gasteiger partial charge in [0, 0.05) is 11.9 Å². The summed E-state index contributed by atoms with van der Waals surface area (Å²) in [5.41, 5.74) is 0.721. The molecule has 0 aliphatic carbocycles. The predicted molar refractivity (Wildman–Crippen MR) is 59.5 cm³/mol. The summed E-state index contributed by atoms with van der Waals surface area (Å²) in [6.45, 7) is 0.0654. The minimum atomic E-state index is -0.0872. The summed E-state index contributed by atoms with van der Waals surface area (Å²) in [6, 6.07) is 7.66. The zero-order valence-electron chi connectivity index (χ0n) is 8.17. The molecule has 0 radical (unpaired) electrons. The van der Waals surface area contributed by atoms with Gasteiger partial charge in [-0.3, -0.25) is 9.69 Å². The van der Waals surface area contributed by atoms with Gasteiger partial charge in [0.2, 0.25) is 0 Å². The number of amidine groups is 1. The number of aliphatic imine (C=N–C) groups is 1. The third-order valence-electron chi connectivity index (χ3n) is 2.04. The van der Waals surface area contributed by atoms with Crippen molar-refractivity contribution in [3.8, 4) is 0 Å². The van der Waals surface area contributed by atoms with Gasteiger partial charge < -0.3 is 4.74 Å². The molecule has 5 heteroatoms. The van der Waals surface area contributed by atoms with Crippen molar-refractivity contribution in [2.45, 2.75) is 4.90 Å². The number of ether oxygens (including phenoxy) is 1. The van der Waals surface area contributed by atoms with Crippen molar-refractivity contribution in [2.24, 2.45) is 4.99 Å². The van der Waals surface area contributed by atoms with E-state index in [2.05, 4.69) is 17.6 Å². The van der Waals surface area contributed by atoms with Crippen molar-refractivity contribution in [2.75, 3.05) is 13.7 Å². The van der Waals surface area contributed by atoms with Crippen LogP contribution in [0.25, 0.3) is 0 Å². The van der Waals surface area contributed by atoms with Crippen LogP contribution in [0.5, 0.6) is 0 Å². The van der Waals surface area contributed by atoms with Crippen molar-refractivity contribution in [3.63, 3.8) is 0 Å². The van der Waals surface area contributed by atoms with Crippen molar-refractivity contribution in [3.05, 3.63) is 24.3 Å². The first-order valence-electron chi connectivity index (χ1n) is 4.44. The maximum absolute atomic E-state index is 11.1. The molecule has 1 aliphatic rings. The van der Waals surface area contributed by atoms with Crippen LogP contribution in [-0.2, 0) is 9.53 Å². The first-order valence-corrected chi connectivity index (χ1v) is 4.88. The van der Waals surface area contributed by atoms with Crippen LogP contribution in [0.1, 0.15) is 0 Å². The standard InChI is InChI=1S/C10H10N2O2S/c1-12-9(13)6-14-10(12)11-7-3-2-4-8(15)5-7/h2-5,15H,6H2,1H3. The number of amides is 1. The van der Waals surface area contributed by atoms with E-state index in [1.807, 2.05) is 18.2 Å². The second-order valence-corrected chi connectivity index (χ2v) is 3.67. The number of carbonyl (C=O) groups is 1. The highest BCUT2D eigenvalue weighted by Gasteiger charge is 2.25. The normalized spacial score (nSPS) is 18.4. The van der Waals surface area contributed by atoms with E-state index in [0.29, 0.717) is 6.02 Å². The summed E-state index contributed by atoms with van der Waals surface area (Å²) < 4.78 is 5.12. The second-order valence-electron chi connectivity index (χ2n) is 3.16. The van der Waals surface area contributed by atoms with Crippen molar-refractivity contribution >= 4 is 30.2 Å². The third kappa shape index (κ3) is 2.12. The fraction of sp³-hybridized carbons (Fsp3) is 0.200. The lowest BCUT2D eigenvalue weighted by molar-refractivity contribution is -0.124. The topological polar surface area (TPSA) is 41.9 Å². The first-order chi connectivity index (χ1) is 7.16. The molecule has 4 nitrogen and oxygen atoms in total. The van der Waals surface area contributed by atoms with Gasteiger partial charge in [-0.05, 0) is 18.2 Å². The largest absolute Gasteiger partial charge is 0.454 e. The molecule has 1 saturated heterocycles. The molecule has 1 aromatic rings. The molecular weight excluding hydrogens is 212 g/mol. The van der Waals surface area contributed by atoms with E-state index in [1.165, 1.54) is 4.90 Å². The second kappa shape index (κ2) is 3.94. The molecule has 1 fully saturated rings. The lowest BCUT2D eigenvalue weighted by atomic mass is 10.3. The molecule has 15 heavy (non-hydrogen) atoms. The molecule has 0 saturated carbocycles. The average molecular weight is 222 g/mol. The molecule has 0 N–H and O–H groups in total. The summed E-state index contributed by atoms with van der Waals surface area (Å²) in [7, 11) is 1.64. The molecule has 78 valence electrons. The van der Waals surface area contributed by atoms with E-state index in [4.69, 9.17) is 4.74 Å². The van der Waals surface area contributed by atoms with Gasteiger partial charge in [-0.25, -0.2) is 0 Å². The summed E-state index contributed by atoms with van der Waals surface area (Å²) in [5, 5.41) is 0. The zero-order chi connectivity index (χ0) is 10.8. The lowest BCUT2D eigenvalue weighted by Crippen LogP contribution is -2.24. The van der Waals surface area contributed by atoms with E-state index in [1.54, 1.807) is 13.1 Å². The molecule has 1 heterocycles. The Kier molecular flexibility index (Phi) is 2.64. The van der Waals surface area contributed by atoms with Crippen molar-refractivity contribution < 1.29 is 9.53 Å². The SMILES string of the molecule is CN1C(=O)COC1=Nc1cccc(S)c1. The average Bonchev–Trinajstić information content (AvgIpc) is 2.50. The van der Waals surface area contributed by atoms with E-state index in [9.17, 15) is 4.79 Å². The smallest absolute Gasteiger partial charge is 0.299 e. The Morgan fingerprint density at radius 1 is 1.53 bits per heavy atom. The maximum Gasteiger partial charge on any atom is 0.299 e. The number of hydrogen-bond acceptors (Lipinski definition) is 4. The Bertz CT molecular complexity index is 431. The Labute approximate surface area is 93.0 Å². The molecule has 1 aromatic carbocycles. The quantitative estimate of drug-likeness (QED) is 0.731. The van der Waals surface area contributed by atoms with Crippen LogP contribution in [0, 0.1) is 0 Å². The molecule has 2 rings (SSSR count). The minimum absolute atomic E-state index is 0.0654. The molecule has 1 aliphatic heterocycles. The Balaban J connectivity index is 2.27. The highest BCUT2D eigenvalue weighted by atomic mass is 32.1. The zero-order valence-corrected chi connectivity index (χ0v) is 9.07. The van der Waals surface area contributed by atoms with Gasteiger partial charge >= 0.3 is 0 Å². The minimum Gasteiger partial charge on any atom is -0.454 e. The monoisotopic (exact) mass is 222 g/mol. The number of likely N-dealkylation sites (N-methyl/N-ethyl adjacent to an activating group) is 1. The van der Waals surface area contributed by atoms with Crippen LogP contribution in [0.15, 0.2) is 34.2 Å². The number of nitrogens with zero attached hydrogens (tertiary/aromatic N) is 2. The Hall–Kier alpha value is -1.49. The van der Waals surface area contributed by atoms with Gasteiger partial charge in [-0.2, -0.15) is 4.99 Å². The van der Waals surface area contributed by atoms with Gasteiger partial charge in [0.1, 0.15) is 0 Å². The summed E-state index contributed by atoms with van der Waals surface area (Å²) in [4.78, 5) is 17.6. The van der Waals surface area contributed by atoms with Gasteiger partial charge in [0.25, 0.3) is 11.9 Å². The summed E-state index contributed by atoms with van der Waals surface area (Å²) in [6.07, 6.45) is 0. The highest BCUT2D eigenvalue weighted by Crippen LogP contribution is 2.18. The molecule has 0 unspecified atom stereocenters. The van der Waals surface area contributed by atoms with Crippen LogP contribution in [0.2, 0.25) is 0 Å². The maximum atomic E-state index is 11.1. The van der Waals surface area contributed by atoms with E-state index < -0.39 is 0 Å². The van der Waals surface area contributed by atoms with Crippen LogP contribution in [0.4, 0.5) is 5.69 Å². The van der Waals surface area contributed by atoms with E-state index >= 15 is 0 Å². The van der Waals surface area contributed by atoms with Crippen LogP contribution in [0.3, 0.4) is 0 Å². The highest BCUT2D eigenvalue weighted by molar-refractivity contribution is 7.80. The van der Waals surface area contributed by atoms with E-state index in [-0.39, 0.29) is 12.5 Å². The van der Waals surface area contributed by atoms with Crippen LogP contribution < -0.4 is 0 Å². The first kappa shape index (κ1) is 10.0. The fourth-order valence-corrected chi connectivity index (χ4v) is 1.43. The fourth-order valence-electron chi connectivity index (χ4n) is 1.21. The van der Waals surface area contributed by atoms with Gasteiger partial charge in [0.15, 0.2) is 6.61 Å². The molecule has 0 bridgehead atoms. The molecular formula is C10H10N2O2S. The van der Waals surface area contributed by atoms with Crippen LogP contribution in [-0.4, -0.2) is 30.5 Å².